The average molecular weight is 303 g/mol. The number of hydrogen-bond donors (Lipinski definition) is 1. The van der Waals surface area contributed by atoms with Gasteiger partial charge in [0, 0.05) is 30.2 Å². The molecular formula is C16H18FN3S. The second-order valence-electron chi connectivity index (χ2n) is 5.15. The molecule has 110 valence electrons. The number of nitrogens with zero attached hydrogens (tertiary/aromatic N) is 2. The van der Waals surface area contributed by atoms with E-state index in [2.05, 4.69) is 23.4 Å². The summed E-state index contributed by atoms with van der Waals surface area (Å²) in [7, 11) is 0. The van der Waals surface area contributed by atoms with Crippen LogP contribution in [0, 0.1) is 12.7 Å². The van der Waals surface area contributed by atoms with E-state index in [1.807, 2.05) is 28.1 Å². The Morgan fingerprint density at radius 2 is 2.29 bits per heavy atom. The van der Waals surface area contributed by atoms with Gasteiger partial charge in [-0.2, -0.15) is 0 Å². The molecule has 21 heavy (non-hydrogen) atoms. The normalized spacial score (nSPS) is 12.9. The van der Waals surface area contributed by atoms with Gasteiger partial charge in [-0.3, -0.25) is 4.40 Å². The first-order chi connectivity index (χ1) is 10.2. The van der Waals surface area contributed by atoms with Crippen molar-refractivity contribution in [3.8, 4) is 0 Å². The molecule has 0 aliphatic rings. The van der Waals surface area contributed by atoms with Crippen LogP contribution in [0.1, 0.15) is 29.8 Å². The Labute approximate surface area is 127 Å². The number of thiazole rings is 1. The third-order valence-corrected chi connectivity index (χ3v) is 4.36. The van der Waals surface area contributed by atoms with Crippen molar-refractivity contribution in [3.63, 3.8) is 0 Å². The molecule has 5 heteroatoms. The van der Waals surface area contributed by atoms with Gasteiger partial charge in [0.15, 0.2) is 4.96 Å². The van der Waals surface area contributed by atoms with Gasteiger partial charge < -0.3 is 5.32 Å². The molecule has 1 atom stereocenters. The van der Waals surface area contributed by atoms with Gasteiger partial charge in [0.2, 0.25) is 0 Å². The van der Waals surface area contributed by atoms with E-state index >= 15 is 0 Å². The highest BCUT2D eigenvalue weighted by atomic mass is 32.1. The number of aryl methyl sites for hydroxylation is 1. The molecule has 0 bridgehead atoms. The van der Waals surface area contributed by atoms with Crippen LogP contribution >= 0.6 is 11.3 Å². The monoisotopic (exact) mass is 303 g/mol. The largest absolute Gasteiger partial charge is 0.310 e. The highest BCUT2D eigenvalue weighted by molar-refractivity contribution is 7.15. The van der Waals surface area contributed by atoms with Crippen molar-refractivity contribution in [1.29, 1.82) is 0 Å². The van der Waals surface area contributed by atoms with Crippen molar-refractivity contribution in [3.05, 3.63) is 58.6 Å². The molecule has 0 saturated heterocycles. The lowest BCUT2D eigenvalue weighted by molar-refractivity contribution is 0.542. The maximum absolute atomic E-state index is 13.4. The Morgan fingerprint density at radius 3 is 3.00 bits per heavy atom. The molecule has 1 aromatic carbocycles. The van der Waals surface area contributed by atoms with E-state index in [1.165, 1.54) is 0 Å². The third kappa shape index (κ3) is 2.99. The van der Waals surface area contributed by atoms with E-state index < -0.39 is 0 Å². The summed E-state index contributed by atoms with van der Waals surface area (Å²) in [5.41, 5.74) is 2.84. The first-order valence-corrected chi connectivity index (χ1v) is 7.96. The minimum Gasteiger partial charge on any atom is -0.310 e. The number of rotatable bonds is 5. The van der Waals surface area contributed by atoms with E-state index in [-0.39, 0.29) is 11.9 Å². The Kier molecular flexibility index (Phi) is 4.03. The molecule has 3 nitrogen and oxygen atoms in total. The summed E-state index contributed by atoms with van der Waals surface area (Å²) in [5, 5.41) is 5.49. The lowest BCUT2D eigenvalue weighted by atomic mass is 10.00. The van der Waals surface area contributed by atoms with Crippen LogP contribution in [0.3, 0.4) is 0 Å². The summed E-state index contributed by atoms with van der Waals surface area (Å²) in [6.45, 7) is 4.74. The van der Waals surface area contributed by atoms with Gasteiger partial charge in [0.1, 0.15) is 5.82 Å². The molecule has 3 aromatic rings. The number of nitrogens with one attached hydrogen (secondary N) is 1. The molecule has 0 aliphatic heterocycles. The molecule has 0 spiro atoms. The zero-order chi connectivity index (χ0) is 14.8. The van der Waals surface area contributed by atoms with E-state index in [1.54, 1.807) is 24.3 Å². The third-order valence-electron chi connectivity index (χ3n) is 3.59. The van der Waals surface area contributed by atoms with Gasteiger partial charge >= 0.3 is 0 Å². The lowest BCUT2D eigenvalue weighted by Crippen LogP contribution is -2.23. The van der Waals surface area contributed by atoms with Crippen molar-refractivity contribution in [2.75, 3.05) is 6.54 Å². The summed E-state index contributed by atoms with van der Waals surface area (Å²) in [4.78, 5) is 5.64. The summed E-state index contributed by atoms with van der Waals surface area (Å²) in [6, 6.07) is 5.47. The van der Waals surface area contributed by atoms with E-state index in [0.717, 1.165) is 29.2 Å². The Balaban J connectivity index is 1.86. The molecule has 0 radical (unpaired) electrons. The molecule has 0 fully saturated rings. The van der Waals surface area contributed by atoms with Gasteiger partial charge in [-0.05, 0) is 30.7 Å². The van der Waals surface area contributed by atoms with Gasteiger partial charge in [0.25, 0.3) is 0 Å². The summed E-state index contributed by atoms with van der Waals surface area (Å²) in [5.74, 6) is -0.156. The van der Waals surface area contributed by atoms with Gasteiger partial charge in [0.05, 0.1) is 5.69 Å². The van der Waals surface area contributed by atoms with Gasteiger partial charge in [-0.15, -0.1) is 11.3 Å². The molecular weight excluding hydrogens is 285 g/mol. The second kappa shape index (κ2) is 5.95. The Morgan fingerprint density at radius 1 is 1.43 bits per heavy atom. The van der Waals surface area contributed by atoms with Gasteiger partial charge in [-0.1, -0.05) is 19.1 Å². The first-order valence-electron chi connectivity index (χ1n) is 7.08. The highest BCUT2D eigenvalue weighted by Crippen LogP contribution is 2.22. The standard InChI is InChI=1S/C16H18FN3S/c1-3-18-15(12-4-5-14(17)11(2)8-12)9-13-10-20-6-7-21-16(20)19-13/h4-8,10,15,18H,3,9H2,1-2H3. The fraction of sp³-hybridized carbons (Fsp3) is 0.312. The molecule has 0 saturated carbocycles. The molecule has 1 unspecified atom stereocenters. The predicted octanol–water partition coefficient (Wildman–Crippen LogP) is 3.74. The fourth-order valence-electron chi connectivity index (χ4n) is 2.52. The van der Waals surface area contributed by atoms with Crippen LogP contribution in [-0.2, 0) is 6.42 Å². The molecule has 1 N–H and O–H groups in total. The van der Waals surface area contributed by atoms with Crippen LogP contribution in [-0.4, -0.2) is 15.9 Å². The number of fused-ring (bicyclic) bond motifs is 1. The van der Waals surface area contributed by atoms with Crippen LogP contribution in [0.2, 0.25) is 0 Å². The SMILES string of the molecule is CCNC(Cc1cn2ccsc2n1)c1ccc(F)c(C)c1. The summed E-state index contributed by atoms with van der Waals surface area (Å²) < 4.78 is 15.5. The highest BCUT2D eigenvalue weighted by Gasteiger charge is 2.14. The second-order valence-corrected chi connectivity index (χ2v) is 6.02. The van der Waals surface area contributed by atoms with Crippen molar-refractivity contribution in [2.24, 2.45) is 0 Å². The van der Waals surface area contributed by atoms with E-state index in [9.17, 15) is 4.39 Å². The Hall–Kier alpha value is -1.72. The minimum atomic E-state index is -0.156. The van der Waals surface area contributed by atoms with Crippen molar-refractivity contribution < 1.29 is 4.39 Å². The maximum Gasteiger partial charge on any atom is 0.193 e. The number of aromatic nitrogens is 2. The number of imidazole rings is 1. The summed E-state index contributed by atoms with van der Waals surface area (Å²) in [6.07, 6.45) is 4.88. The topological polar surface area (TPSA) is 29.3 Å². The maximum atomic E-state index is 13.4. The molecule has 3 rings (SSSR count). The minimum absolute atomic E-state index is 0.152. The summed E-state index contributed by atoms with van der Waals surface area (Å²) >= 11 is 1.63. The number of benzene rings is 1. The number of halogens is 1. The van der Waals surface area contributed by atoms with Crippen LogP contribution in [0.5, 0.6) is 0 Å². The quantitative estimate of drug-likeness (QED) is 0.778. The average Bonchev–Trinajstić information content (AvgIpc) is 3.02. The number of likely N-dealkylation sites (N-methyl/N-ethyl adjacent to an activating group) is 1. The molecule has 2 aromatic heterocycles. The van der Waals surface area contributed by atoms with E-state index in [0.29, 0.717) is 5.56 Å². The number of hydrogen-bond acceptors (Lipinski definition) is 3. The van der Waals surface area contributed by atoms with Crippen LogP contribution in [0.4, 0.5) is 4.39 Å². The first kappa shape index (κ1) is 14.2. The predicted molar refractivity (Wildman–Crippen MR) is 84.3 cm³/mol. The van der Waals surface area contributed by atoms with Crippen LogP contribution in [0.25, 0.3) is 4.96 Å². The fourth-order valence-corrected chi connectivity index (χ4v) is 3.24. The van der Waals surface area contributed by atoms with Crippen molar-refractivity contribution >= 4 is 16.3 Å². The van der Waals surface area contributed by atoms with Crippen molar-refractivity contribution in [2.45, 2.75) is 26.3 Å². The molecule has 2 heterocycles. The van der Waals surface area contributed by atoms with Gasteiger partial charge in [-0.25, -0.2) is 9.37 Å². The molecule has 0 amide bonds. The van der Waals surface area contributed by atoms with Crippen LogP contribution < -0.4 is 5.32 Å². The smallest absolute Gasteiger partial charge is 0.193 e. The van der Waals surface area contributed by atoms with Crippen LogP contribution in [0.15, 0.2) is 36.0 Å². The Bertz CT molecular complexity index is 718. The lowest BCUT2D eigenvalue weighted by Gasteiger charge is -2.18. The van der Waals surface area contributed by atoms with E-state index in [4.69, 9.17) is 0 Å². The molecule has 0 aliphatic carbocycles. The zero-order valence-electron chi connectivity index (χ0n) is 12.1. The van der Waals surface area contributed by atoms with Crippen molar-refractivity contribution in [1.82, 2.24) is 14.7 Å². The zero-order valence-corrected chi connectivity index (χ0v) is 13.0.